The van der Waals surface area contributed by atoms with Crippen LogP contribution >= 0.6 is 0 Å². The van der Waals surface area contributed by atoms with Gasteiger partial charge in [0.25, 0.3) is 0 Å². The van der Waals surface area contributed by atoms with Gasteiger partial charge in [0.2, 0.25) is 29.5 Å². The molecule has 1 aliphatic rings. The van der Waals surface area contributed by atoms with E-state index in [-0.39, 0.29) is 55.4 Å². The van der Waals surface area contributed by atoms with E-state index < -0.39 is 54.0 Å². The first-order valence-corrected chi connectivity index (χ1v) is 23.7. The lowest BCUT2D eigenvalue weighted by atomic mass is 9.83. The number of nitrogens with zero attached hydrogens (tertiary/aromatic N) is 2. The highest BCUT2D eigenvalue weighted by Crippen LogP contribution is 2.28. The van der Waals surface area contributed by atoms with Gasteiger partial charge in [-0.1, -0.05) is 110 Å². The molecule has 1 aromatic carbocycles. The van der Waals surface area contributed by atoms with E-state index >= 15 is 0 Å². The third kappa shape index (κ3) is 21.6. The molecule has 1 aliphatic carbocycles. The molecule has 0 spiro atoms. The summed E-state index contributed by atoms with van der Waals surface area (Å²) >= 11 is 0. The van der Waals surface area contributed by atoms with E-state index in [4.69, 9.17) is 19.9 Å². The molecule has 0 bridgehead atoms. The molecule has 0 heterocycles. The second kappa shape index (κ2) is 30.8. The van der Waals surface area contributed by atoms with Gasteiger partial charge < -0.3 is 51.0 Å². The highest BCUT2D eigenvalue weighted by atomic mass is 16.5. The Morgan fingerprint density at radius 1 is 0.812 bits per heavy atom. The molecule has 16 nitrogen and oxygen atoms in total. The minimum atomic E-state index is -1.28. The van der Waals surface area contributed by atoms with Crippen molar-refractivity contribution < 1.29 is 43.0 Å². The number of hydrogen-bond acceptors (Lipinski definition) is 10. The zero-order chi connectivity index (χ0) is 47.6. The lowest BCUT2D eigenvalue weighted by Crippen LogP contribution is -2.60. The fourth-order valence-corrected chi connectivity index (χ4v) is 7.84. The number of carbonyl (C=O) groups is 6. The molecule has 1 aromatic rings. The molecule has 0 saturated heterocycles. The quantitative estimate of drug-likeness (QED) is 0.0635. The number of rotatable bonds is 31. The molecule has 0 aromatic heterocycles. The lowest BCUT2D eigenvalue weighted by molar-refractivity contribution is -0.147. The first-order chi connectivity index (χ1) is 30.4. The van der Waals surface area contributed by atoms with Crippen LogP contribution in [-0.2, 0) is 44.8 Å². The van der Waals surface area contributed by atoms with E-state index in [1.165, 1.54) is 4.90 Å². The van der Waals surface area contributed by atoms with E-state index in [0.717, 1.165) is 63.5 Å². The summed E-state index contributed by atoms with van der Waals surface area (Å²) in [6.45, 7) is 13.3. The Morgan fingerprint density at radius 3 is 2.12 bits per heavy atom. The van der Waals surface area contributed by atoms with Crippen LogP contribution in [0.3, 0.4) is 0 Å². The van der Waals surface area contributed by atoms with Crippen LogP contribution in [0.15, 0.2) is 30.3 Å². The molecule has 6 N–H and O–H groups in total. The van der Waals surface area contributed by atoms with E-state index in [9.17, 15) is 28.8 Å². The Kier molecular flexibility index (Phi) is 26.9. The normalized spacial score (nSPS) is 16.4. The summed E-state index contributed by atoms with van der Waals surface area (Å²) in [5.41, 5.74) is 6.46. The van der Waals surface area contributed by atoms with Gasteiger partial charge in [-0.2, -0.15) is 0 Å². The molecule has 64 heavy (non-hydrogen) atoms. The predicted molar refractivity (Wildman–Crippen MR) is 249 cm³/mol. The van der Waals surface area contributed by atoms with Gasteiger partial charge in [-0.15, -0.1) is 0 Å². The molecule has 1 fully saturated rings. The number of amides is 6. The first kappa shape index (κ1) is 55.9. The number of benzene rings is 1. The van der Waals surface area contributed by atoms with Gasteiger partial charge in [-0.3, -0.25) is 24.0 Å². The van der Waals surface area contributed by atoms with Crippen molar-refractivity contribution in [3.05, 3.63) is 35.9 Å². The minimum Gasteiger partial charge on any atom is -0.445 e. The molecule has 0 unspecified atom stereocenters. The molecule has 0 radical (unpaired) electrons. The summed E-state index contributed by atoms with van der Waals surface area (Å²) in [6.07, 6.45) is 8.66. The average Bonchev–Trinajstić information content (AvgIpc) is 3.26. The fourth-order valence-electron chi connectivity index (χ4n) is 7.84. The maximum Gasteiger partial charge on any atom is 0.407 e. The number of carbonyl (C=O) groups excluding carboxylic acids is 6. The van der Waals surface area contributed by atoms with Crippen LogP contribution in [0, 0.1) is 23.7 Å². The Labute approximate surface area is 383 Å². The Morgan fingerprint density at radius 2 is 1.50 bits per heavy atom. The summed E-state index contributed by atoms with van der Waals surface area (Å²) in [4.78, 5) is 84.4. The summed E-state index contributed by atoms with van der Waals surface area (Å²) < 4.78 is 17.4. The topological polar surface area (TPSA) is 211 Å². The molecule has 0 aliphatic heterocycles. The Bertz CT molecular complexity index is 1540. The van der Waals surface area contributed by atoms with Gasteiger partial charge in [0.05, 0.1) is 37.7 Å². The number of alkyl carbamates (subject to hydrolysis) is 1. The zero-order valence-corrected chi connectivity index (χ0v) is 40.5. The van der Waals surface area contributed by atoms with E-state index in [0.29, 0.717) is 38.9 Å². The number of hydrogen-bond donors (Lipinski definition) is 5. The van der Waals surface area contributed by atoms with Crippen molar-refractivity contribution in [1.29, 1.82) is 0 Å². The van der Waals surface area contributed by atoms with E-state index in [2.05, 4.69) is 33.1 Å². The van der Waals surface area contributed by atoms with Crippen molar-refractivity contribution in [2.75, 3.05) is 54.1 Å². The fraction of sp³-hybridized carbons (Fsp3) is 0.750. The molecule has 6 amide bonds. The molecule has 364 valence electrons. The van der Waals surface area contributed by atoms with Gasteiger partial charge >= 0.3 is 6.09 Å². The van der Waals surface area contributed by atoms with Crippen LogP contribution in [0.25, 0.3) is 0 Å². The molecule has 2 rings (SSSR count). The Balaban J connectivity index is 2.18. The number of ether oxygens (including phenoxy) is 3. The second-order valence-corrected chi connectivity index (χ2v) is 18.4. The molecular formula is C48H83N7O9. The third-order valence-corrected chi connectivity index (χ3v) is 11.8. The van der Waals surface area contributed by atoms with Crippen molar-refractivity contribution >= 4 is 35.6 Å². The van der Waals surface area contributed by atoms with Gasteiger partial charge in [-0.25, -0.2) is 4.79 Å². The third-order valence-electron chi connectivity index (χ3n) is 11.8. The largest absolute Gasteiger partial charge is 0.445 e. The van der Waals surface area contributed by atoms with Crippen molar-refractivity contribution in [1.82, 2.24) is 31.1 Å². The van der Waals surface area contributed by atoms with Gasteiger partial charge in [0.1, 0.15) is 24.7 Å². The SMILES string of the molecule is CCCCCC[C@@H](OC[C@@H](C)NC(=O)[C@@H](C)COCCCN(C)C)[C@@H](C)C(=O)N(C)[C@@H](CC(C)C)C(=O)N[C@H](C(=O)N[C@@H](CNC(=O)OCc1ccccc1)C(N)=O)C1CCCCC1. The maximum atomic E-state index is 14.4. The van der Waals surface area contributed by atoms with Crippen LogP contribution < -0.4 is 27.0 Å². The van der Waals surface area contributed by atoms with Crippen LogP contribution in [-0.4, -0.2) is 130 Å². The van der Waals surface area contributed by atoms with E-state index in [1.807, 2.05) is 66.9 Å². The summed E-state index contributed by atoms with van der Waals surface area (Å²) in [7, 11) is 5.64. The number of primary amides is 1. The first-order valence-electron chi connectivity index (χ1n) is 23.7. The predicted octanol–water partition coefficient (Wildman–Crippen LogP) is 4.92. The molecule has 1 saturated carbocycles. The number of nitrogens with two attached hydrogens (primary N) is 1. The molecule has 16 heteroatoms. The van der Waals surface area contributed by atoms with Crippen molar-refractivity contribution in [3.8, 4) is 0 Å². The molecular weight excluding hydrogens is 819 g/mol. The van der Waals surface area contributed by atoms with E-state index in [1.54, 1.807) is 19.2 Å². The zero-order valence-electron chi connectivity index (χ0n) is 40.5. The second-order valence-electron chi connectivity index (χ2n) is 18.4. The summed E-state index contributed by atoms with van der Waals surface area (Å²) in [5, 5.41) is 11.2. The van der Waals surface area contributed by atoms with Crippen LogP contribution in [0.4, 0.5) is 4.79 Å². The number of unbranched alkanes of at least 4 members (excludes halogenated alkanes) is 3. The lowest BCUT2D eigenvalue weighted by Gasteiger charge is -2.36. The number of likely N-dealkylation sites (N-methyl/N-ethyl adjacent to an activating group) is 1. The van der Waals surface area contributed by atoms with Gasteiger partial charge in [0, 0.05) is 19.7 Å². The average molecular weight is 902 g/mol. The van der Waals surface area contributed by atoms with Crippen molar-refractivity contribution in [2.24, 2.45) is 29.4 Å². The highest BCUT2D eigenvalue weighted by molar-refractivity contribution is 5.94. The van der Waals surface area contributed by atoms with Crippen LogP contribution in [0.1, 0.15) is 124 Å². The minimum absolute atomic E-state index is 0.0167. The molecule has 7 atom stereocenters. The van der Waals surface area contributed by atoms with Gasteiger partial charge in [0.15, 0.2) is 0 Å². The van der Waals surface area contributed by atoms with Crippen LogP contribution in [0.2, 0.25) is 0 Å². The highest BCUT2D eigenvalue weighted by Gasteiger charge is 2.38. The summed E-state index contributed by atoms with van der Waals surface area (Å²) in [6, 6.07) is 5.58. The monoisotopic (exact) mass is 902 g/mol. The maximum absolute atomic E-state index is 14.4. The Hall–Kier alpha value is -4.28. The number of nitrogens with one attached hydrogen (secondary N) is 4. The van der Waals surface area contributed by atoms with Crippen LogP contribution in [0.5, 0.6) is 0 Å². The standard InChI is InChI=1S/C48H83N7O9/c1-10-11-12-19-25-41(63-31-35(5)51-44(57)34(4)30-62-27-20-26-54(7)8)36(6)47(60)55(9)40(28-33(2)3)45(58)53-42(38-23-17-14-18-24-38)46(59)52-39(43(49)56)29-50-48(61)64-32-37-21-15-13-16-22-37/h13,15-16,21-22,33-36,38-42H,10-12,14,17-20,23-32H2,1-9H3,(H2,49,56)(H,50,61)(H,51,57)(H,52,59)(H,53,58)/t34-,35+,36+,39-,40-,41+,42-/m0/s1. The van der Waals surface area contributed by atoms with Crippen molar-refractivity contribution in [3.63, 3.8) is 0 Å². The summed E-state index contributed by atoms with van der Waals surface area (Å²) in [5.74, 6) is -3.49. The smallest absolute Gasteiger partial charge is 0.407 e. The van der Waals surface area contributed by atoms with Gasteiger partial charge in [-0.05, 0) is 77.1 Å². The van der Waals surface area contributed by atoms with Crippen molar-refractivity contribution in [2.45, 2.75) is 155 Å².